The molecule has 0 bridgehead atoms. The number of aliphatic carboxylic acids is 1. The third-order valence-corrected chi connectivity index (χ3v) is 4.32. The molecule has 0 saturated carbocycles. The number of hydrogen-bond donors (Lipinski definition) is 1. The maximum absolute atomic E-state index is 12.6. The lowest BCUT2D eigenvalue weighted by Crippen LogP contribution is -2.14. The lowest BCUT2D eigenvalue weighted by Gasteiger charge is -2.13. The van der Waals surface area contributed by atoms with Crippen molar-refractivity contribution in [1.82, 2.24) is 0 Å². The first-order valence-corrected chi connectivity index (χ1v) is 9.07. The first-order chi connectivity index (χ1) is 13.0. The first-order valence-electron chi connectivity index (χ1n) is 9.07. The molecule has 2 rings (SSSR count). The zero-order valence-electron chi connectivity index (χ0n) is 15.4. The van der Waals surface area contributed by atoms with Crippen LogP contribution in [0.2, 0.25) is 0 Å². The molecule has 0 saturated heterocycles. The molecule has 0 aliphatic heterocycles. The summed E-state index contributed by atoms with van der Waals surface area (Å²) >= 11 is 0. The second-order valence-corrected chi connectivity index (χ2v) is 6.41. The molecule has 142 valence electrons. The molecule has 5 nitrogen and oxygen atoms in total. The van der Waals surface area contributed by atoms with E-state index in [9.17, 15) is 14.4 Å². The molecule has 1 N–H and O–H groups in total. The van der Waals surface area contributed by atoms with Crippen molar-refractivity contribution < 1.29 is 24.2 Å². The summed E-state index contributed by atoms with van der Waals surface area (Å²) in [5, 5.41) is 8.58. The van der Waals surface area contributed by atoms with Crippen LogP contribution in [0.15, 0.2) is 54.6 Å². The molecule has 1 unspecified atom stereocenters. The average Bonchev–Trinajstić information content (AvgIpc) is 2.69. The van der Waals surface area contributed by atoms with Gasteiger partial charge >= 0.3 is 11.9 Å². The minimum absolute atomic E-state index is 0.0866. The molecule has 0 aromatic heterocycles. The van der Waals surface area contributed by atoms with Gasteiger partial charge in [0, 0.05) is 17.5 Å². The molecular formula is C22H24O5. The van der Waals surface area contributed by atoms with Crippen LogP contribution >= 0.6 is 0 Å². The van der Waals surface area contributed by atoms with E-state index in [4.69, 9.17) is 9.84 Å². The maximum atomic E-state index is 12.6. The number of hydrogen-bond acceptors (Lipinski definition) is 4. The molecule has 0 fully saturated rings. The van der Waals surface area contributed by atoms with E-state index in [1.54, 1.807) is 43.3 Å². The summed E-state index contributed by atoms with van der Waals surface area (Å²) in [4.78, 5) is 35.2. The minimum Gasteiger partial charge on any atom is -0.481 e. The summed E-state index contributed by atoms with van der Waals surface area (Å²) < 4.78 is 5.28. The normalized spacial score (nSPS) is 11.6. The number of ketones is 1. The number of unbranched alkanes of at least 4 members (excludes halogenated alkanes) is 2. The Labute approximate surface area is 159 Å². The Morgan fingerprint density at radius 2 is 1.63 bits per heavy atom. The van der Waals surface area contributed by atoms with Gasteiger partial charge in [0.25, 0.3) is 0 Å². The predicted molar refractivity (Wildman–Crippen MR) is 102 cm³/mol. The van der Waals surface area contributed by atoms with Gasteiger partial charge in [-0.3, -0.25) is 14.4 Å². The van der Waals surface area contributed by atoms with E-state index in [0.717, 1.165) is 5.56 Å². The molecule has 5 heteroatoms. The van der Waals surface area contributed by atoms with Gasteiger partial charge in [-0.05, 0) is 37.8 Å². The Kier molecular flexibility index (Phi) is 7.74. The van der Waals surface area contributed by atoms with Gasteiger partial charge in [0.1, 0.15) is 0 Å². The van der Waals surface area contributed by atoms with Gasteiger partial charge in [0.2, 0.25) is 0 Å². The minimum atomic E-state index is -0.814. The highest BCUT2D eigenvalue weighted by Gasteiger charge is 2.18. The third kappa shape index (κ3) is 6.37. The molecule has 0 aliphatic carbocycles. The van der Waals surface area contributed by atoms with Crippen LogP contribution in [0, 0.1) is 0 Å². The molecule has 0 aliphatic rings. The van der Waals surface area contributed by atoms with Crippen LogP contribution in [-0.4, -0.2) is 29.4 Å². The molecule has 27 heavy (non-hydrogen) atoms. The van der Waals surface area contributed by atoms with Crippen molar-refractivity contribution in [2.45, 2.75) is 38.5 Å². The molecule has 0 spiro atoms. The highest BCUT2D eigenvalue weighted by Crippen LogP contribution is 2.20. The Bertz CT molecular complexity index is 782. The number of carbonyl (C=O) groups is 3. The SMILES string of the molecule is CC(C(=O)OCCCCCC(=O)O)c1cccc(C(=O)c2ccccc2)c1. The van der Waals surface area contributed by atoms with Crippen molar-refractivity contribution >= 4 is 17.7 Å². The smallest absolute Gasteiger partial charge is 0.313 e. The van der Waals surface area contributed by atoms with E-state index in [-0.39, 0.29) is 24.8 Å². The van der Waals surface area contributed by atoms with Crippen molar-refractivity contribution in [3.05, 3.63) is 71.3 Å². The van der Waals surface area contributed by atoms with Gasteiger partial charge in [0.15, 0.2) is 5.78 Å². The van der Waals surface area contributed by atoms with E-state index in [1.165, 1.54) is 0 Å². The van der Waals surface area contributed by atoms with Crippen LogP contribution in [0.5, 0.6) is 0 Å². The zero-order valence-corrected chi connectivity index (χ0v) is 15.4. The summed E-state index contributed by atoms with van der Waals surface area (Å²) in [7, 11) is 0. The molecule has 2 aromatic rings. The van der Waals surface area contributed by atoms with Crippen molar-refractivity contribution in [3.63, 3.8) is 0 Å². The highest BCUT2D eigenvalue weighted by molar-refractivity contribution is 6.09. The number of esters is 1. The quantitative estimate of drug-likeness (QED) is 0.386. The van der Waals surface area contributed by atoms with Crippen LogP contribution in [0.4, 0.5) is 0 Å². The number of rotatable bonds is 10. The van der Waals surface area contributed by atoms with E-state index >= 15 is 0 Å². The topological polar surface area (TPSA) is 80.7 Å². The van der Waals surface area contributed by atoms with Gasteiger partial charge in [-0.25, -0.2) is 0 Å². The van der Waals surface area contributed by atoms with E-state index in [1.807, 2.05) is 18.2 Å². The number of carbonyl (C=O) groups excluding carboxylic acids is 2. The van der Waals surface area contributed by atoms with Crippen molar-refractivity contribution in [2.24, 2.45) is 0 Å². The fraction of sp³-hybridized carbons (Fsp3) is 0.318. The second-order valence-electron chi connectivity index (χ2n) is 6.41. The summed E-state index contributed by atoms with van der Waals surface area (Å²) in [6.45, 7) is 2.02. The summed E-state index contributed by atoms with van der Waals surface area (Å²) in [5.74, 6) is -1.73. The molecule has 0 amide bonds. The number of benzene rings is 2. The maximum Gasteiger partial charge on any atom is 0.313 e. The van der Waals surface area contributed by atoms with Crippen molar-refractivity contribution in [2.75, 3.05) is 6.61 Å². The van der Waals surface area contributed by atoms with Crippen LogP contribution in [0.3, 0.4) is 0 Å². The Morgan fingerprint density at radius 3 is 2.33 bits per heavy atom. The highest BCUT2D eigenvalue weighted by atomic mass is 16.5. The van der Waals surface area contributed by atoms with Gasteiger partial charge in [-0.15, -0.1) is 0 Å². The Morgan fingerprint density at radius 1 is 0.926 bits per heavy atom. The lowest BCUT2D eigenvalue weighted by atomic mass is 9.96. The monoisotopic (exact) mass is 368 g/mol. The van der Waals surface area contributed by atoms with E-state index < -0.39 is 11.9 Å². The van der Waals surface area contributed by atoms with E-state index in [0.29, 0.717) is 30.4 Å². The molecule has 0 heterocycles. The standard InChI is InChI=1S/C22H24O5/c1-16(22(26)27-14-7-3-6-13-20(23)24)18-11-8-12-19(15-18)21(25)17-9-4-2-5-10-17/h2,4-5,8-12,15-16H,3,6-7,13-14H2,1H3,(H,23,24). The Hall–Kier alpha value is -2.95. The van der Waals surface area contributed by atoms with Crippen molar-refractivity contribution in [3.8, 4) is 0 Å². The first kappa shape index (κ1) is 20.4. The number of carboxylic acid groups (broad SMARTS) is 1. The zero-order chi connectivity index (χ0) is 19.6. The summed E-state index contributed by atoms with van der Waals surface area (Å²) in [6.07, 6.45) is 2.05. The predicted octanol–water partition coefficient (Wildman–Crippen LogP) is 4.21. The van der Waals surface area contributed by atoms with Crippen LogP contribution in [0.25, 0.3) is 0 Å². The second kappa shape index (κ2) is 10.3. The van der Waals surface area contributed by atoms with Gasteiger partial charge in [-0.2, -0.15) is 0 Å². The van der Waals surface area contributed by atoms with Crippen LogP contribution < -0.4 is 0 Å². The Balaban J connectivity index is 1.90. The molecule has 1 atom stereocenters. The average molecular weight is 368 g/mol. The summed E-state index contributed by atoms with van der Waals surface area (Å²) in [5.41, 5.74) is 1.87. The third-order valence-electron chi connectivity index (χ3n) is 4.32. The van der Waals surface area contributed by atoms with Gasteiger partial charge in [0.05, 0.1) is 12.5 Å². The van der Waals surface area contributed by atoms with Crippen molar-refractivity contribution in [1.29, 1.82) is 0 Å². The van der Waals surface area contributed by atoms with E-state index in [2.05, 4.69) is 0 Å². The number of ether oxygens (including phenoxy) is 1. The molecule has 0 radical (unpaired) electrons. The van der Waals surface area contributed by atoms with Crippen LogP contribution in [0.1, 0.15) is 60.0 Å². The summed E-state index contributed by atoms with van der Waals surface area (Å²) in [6, 6.07) is 16.0. The van der Waals surface area contributed by atoms with Gasteiger partial charge in [-0.1, -0.05) is 48.5 Å². The largest absolute Gasteiger partial charge is 0.481 e. The van der Waals surface area contributed by atoms with Crippen LogP contribution in [-0.2, 0) is 14.3 Å². The fourth-order valence-corrected chi connectivity index (χ4v) is 2.69. The molecular weight excluding hydrogens is 344 g/mol. The lowest BCUT2D eigenvalue weighted by molar-refractivity contribution is -0.145. The van der Waals surface area contributed by atoms with Gasteiger partial charge < -0.3 is 9.84 Å². The fourth-order valence-electron chi connectivity index (χ4n) is 2.69. The number of carboxylic acids is 1. The molecule has 2 aromatic carbocycles.